The molecule has 0 unspecified atom stereocenters. The van der Waals surface area contributed by atoms with E-state index in [4.69, 9.17) is 11.6 Å². The van der Waals surface area contributed by atoms with Gasteiger partial charge in [-0.2, -0.15) is 0 Å². The largest absolute Gasteiger partial charge is 0.316 e. The Kier molecular flexibility index (Phi) is 4.13. The molecule has 0 aliphatic heterocycles. The molecule has 2 aromatic rings. The summed E-state index contributed by atoms with van der Waals surface area (Å²) in [5, 5.41) is 13.2. The molecular weight excluding hydrogens is 306 g/mol. The molecule has 0 radical (unpaired) electrons. The molecule has 0 atom stereocenters. The van der Waals surface area contributed by atoms with E-state index >= 15 is 0 Å². The number of nitro groups is 1. The Balaban J connectivity index is 2.34. The molecule has 0 saturated carbocycles. The Hall–Kier alpha value is -2.54. The van der Waals surface area contributed by atoms with Gasteiger partial charge in [0.1, 0.15) is 17.3 Å². The molecule has 8 heteroatoms. The van der Waals surface area contributed by atoms with Crippen molar-refractivity contribution in [2.24, 2.45) is 0 Å². The molecule has 0 saturated heterocycles. The van der Waals surface area contributed by atoms with E-state index in [1.165, 1.54) is 12.1 Å². The van der Waals surface area contributed by atoms with Crippen molar-refractivity contribution in [1.82, 2.24) is 0 Å². The monoisotopic (exact) mass is 312 g/mol. The van der Waals surface area contributed by atoms with Gasteiger partial charge in [-0.05, 0) is 24.3 Å². The molecule has 0 spiro atoms. The molecule has 1 N–H and O–H groups in total. The van der Waals surface area contributed by atoms with Crippen LogP contribution in [-0.2, 0) is 0 Å². The van der Waals surface area contributed by atoms with E-state index in [0.717, 1.165) is 18.2 Å². The van der Waals surface area contributed by atoms with E-state index in [0.29, 0.717) is 6.07 Å². The Labute approximate surface area is 122 Å². The van der Waals surface area contributed by atoms with E-state index in [2.05, 4.69) is 5.32 Å². The summed E-state index contributed by atoms with van der Waals surface area (Å²) in [4.78, 5) is 22.0. The van der Waals surface area contributed by atoms with Crippen molar-refractivity contribution in [1.29, 1.82) is 0 Å². The summed E-state index contributed by atoms with van der Waals surface area (Å²) in [6.45, 7) is 0. The number of anilines is 1. The number of nitro benzene ring substituents is 1. The maximum Gasteiger partial charge on any atom is 0.294 e. The zero-order valence-electron chi connectivity index (χ0n) is 10.3. The van der Waals surface area contributed by atoms with Crippen molar-refractivity contribution >= 4 is 28.9 Å². The van der Waals surface area contributed by atoms with Crippen molar-refractivity contribution in [2.75, 3.05) is 5.32 Å². The first-order valence-corrected chi connectivity index (χ1v) is 5.96. The number of rotatable bonds is 3. The fraction of sp³-hybridized carbons (Fsp3) is 0. The van der Waals surface area contributed by atoms with Crippen LogP contribution in [-0.4, -0.2) is 10.8 Å². The summed E-state index contributed by atoms with van der Waals surface area (Å²) >= 11 is 5.64. The molecule has 2 rings (SSSR count). The summed E-state index contributed by atoms with van der Waals surface area (Å²) < 4.78 is 26.2. The Bertz CT molecular complexity index is 737. The molecule has 0 heterocycles. The highest BCUT2D eigenvalue weighted by atomic mass is 35.5. The predicted molar refractivity (Wildman–Crippen MR) is 72.4 cm³/mol. The molecule has 2 aromatic carbocycles. The van der Waals surface area contributed by atoms with E-state index in [-0.39, 0.29) is 10.7 Å². The normalized spacial score (nSPS) is 10.2. The van der Waals surface area contributed by atoms with Crippen LogP contribution in [0.5, 0.6) is 0 Å². The topological polar surface area (TPSA) is 72.2 Å². The lowest BCUT2D eigenvalue weighted by Gasteiger charge is -2.07. The van der Waals surface area contributed by atoms with Gasteiger partial charge in [-0.1, -0.05) is 11.6 Å². The van der Waals surface area contributed by atoms with Gasteiger partial charge in [0.25, 0.3) is 11.6 Å². The summed E-state index contributed by atoms with van der Waals surface area (Å²) in [6, 6.07) is 6.02. The van der Waals surface area contributed by atoms with Crippen molar-refractivity contribution in [3.05, 3.63) is 68.7 Å². The third-order valence-corrected chi connectivity index (χ3v) is 2.82. The molecule has 0 aliphatic rings. The predicted octanol–water partition coefficient (Wildman–Crippen LogP) is 3.78. The highest BCUT2D eigenvalue weighted by molar-refractivity contribution is 6.31. The smallest absolute Gasteiger partial charge is 0.294 e. The van der Waals surface area contributed by atoms with Crippen LogP contribution in [0.3, 0.4) is 0 Å². The SMILES string of the molecule is O=C(Nc1ccc(Cl)cc1[N+](=O)[O-])c1ccc(F)cc1F. The second-order valence-electron chi connectivity index (χ2n) is 4.00. The van der Waals surface area contributed by atoms with Gasteiger partial charge in [-0.3, -0.25) is 14.9 Å². The Morgan fingerprint density at radius 1 is 1.19 bits per heavy atom. The minimum Gasteiger partial charge on any atom is -0.316 e. The average Bonchev–Trinajstić information content (AvgIpc) is 2.40. The first-order chi connectivity index (χ1) is 9.88. The van der Waals surface area contributed by atoms with Crippen LogP contribution in [0.25, 0.3) is 0 Å². The van der Waals surface area contributed by atoms with Crippen LogP contribution in [0.2, 0.25) is 5.02 Å². The molecule has 0 bridgehead atoms. The van der Waals surface area contributed by atoms with Crippen molar-refractivity contribution in [3.8, 4) is 0 Å². The minimum atomic E-state index is -1.07. The van der Waals surface area contributed by atoms with Gasteiger partial charge in [0.15, 0.2) is 0 Å². The number of amides is 1. The number of nitrogens with one attached hydrogen (secondary N) is 1. The zero-order chi connectivity index (χ0) is 15.6. The highest BCUT2D eigenvalue weighted by Crippen LogP contribution is 2.28. The number of benzene rings is 2. The molecule has 5 nitrogen and oxygen atoms in total. The quantitative estimate of drug-likeness (QED) is 0.692. The van der Waals surface area contributed by atoms with Gasteiger partial charge in [0, 0.05) is 17.2 Å². The lowest BCUT2D eigenvalue weighted by molar-refractivity contribution is -0.383. The van der Waals surface area contributed by atoms with Crippen LogP contribution in [0, 0.1) is 21.7 Å². The van der Waals surface area contributed by atoms with Gasteiger partial charge in [-0.25, -0.2) is 8.78 Å². The molecule has 0 aliphatic carbocycles. The number of carbonyl (C=O) groups excluding carboxylic acids is 1. The molecule has 1 amide bonds. The summed E-state index contributed by atoms with van der Waals surface area (Å²) in [6.07, 6.45) is 0. The number of nitrogens with zero attached hydrogens (tertiary/aromatic N) is 1. The standard InChI is InChI=1S/C13H7ClF2N2O3/c14-7-1-4-11(12(5-7)18(20)21)17-13(19)9-3-2-8(15)6-10(9)16/h1-6H,(H,17,19). The second-order valence-corrected chi connectivity index (χ2v) is 4.43. The van der Waals surface area contributed by atoms with Crippen LogP contribution < -0.4 is 5.32 Å². The lowest BCUT2D eigenvalue weighted by Crippen LogP contribution is -2.15. The van der Waals surface area contributed by atoms with Crippen LogP contribution >= 0.6 is 11.6 Å². The van der Waals surface area contributed by atoms with E-state index < -0.39 is 33.7 Å². The molecule has 0 fully saturated rings. The van der Waals surface area contributed by atoms with Crippen molar-refractivity contribution in [3.63, 3.8) is 0 Å². The van der Waals surface area contributed by atoms with Gasteiger partial charge in [-0.15, -0.1) is 0 Å². The fourth-order valence-electron chi connectivity index (χ4n) is 1.62. The van der Waals surface area contributed by atoms with Gasteiger partial charge in [0.2, 0.25) is 0 Å². The van der Waals surface area contributed by atoms with Gasteiger partial charge >= 0.3 is 0 Å². The van der Waals surface area contributed by atoms with Crippen LogP contribution in [0.4, 0.5) is 20.2 Å². The van der Waals surface area contributed by atoms with E-state index in [1.807, 2.05) is 0 Å². The molecule has 0 aromatic heterocycles. The molecular formula is C13H7ClF2N2O3. The molecule has 108 valence electrons. The third-order valence-electron chi connectivity index (χ3n) is 2.58. The maximum atomic E-state index is 13.5. The molecule has 21 heavy (non-hydrogen) atoms. The Morgan fingerprint density at radius 3 is 2.52 bits per heavy atom. The number of halogens is 3. The minimum absolute atomic E-state index is 0.118. The second kappa shape index (κ2) is 5.84. The van der Waals surface area contributed by atoms with Crippen LogP contribution in [0.1, 0.15) is 10.4 Å². The van der Waals surface area contributed by atoms with Gasteiger partial charge in [0.05, 0.1) is 10.5 Å². The third kappa shape index (κ3) is 3.32. The summed E-state index contributed by atoms with van der Waals surface area (Å²) in [7, 11) is 0. The first kappa shape index (κ1) is 14.9. The highest BCUT2D eigenvalue weighted by Gasteiger charge is 2.19. The first-order valence-electron chi connectivity index (χ1n) is 5.59. The summed E-state index contributed by atoms with van der Waals surface area (Å²) in [5.41, 5.74) is -1.00. The van der Waals surface area contributed by atoms with Crippen LogP contribution in [0.15, 0.2) is 36.4 Å². The Morgan fingerprint density at radius 2 is 1.90 bits per heavy atom. The number of hydrogen-bond donors (Lipinski definition) is 1. The number of carbonyl (C=O) groups is 1. The van der Waals surface area contributed by atoms with Crippen molar-refractivity contribution in [2.45, 2.75) is 0 Å². The fourth-order valence-corrected chi connectivity index (χ4v) is 1.79. The van der Waals surface area contributed by atoms with E-state index in [9.17, 15) is 23.7 Å². The zero-order valence-corrected chi connectivity index (χ0v) is 11.0. The van der Waals surface area contributed by atoms with Crippen molar-refractivity contribution < 1.29 is 18.5 Å². The van der Waals surface area contributed by atoms with E-state index in [1.54, 1.807) is 0 Å². The maximum absolute atomic E-state index is 13.5. The lowest BCUT2D eigenvalue weighted by atomic mass is 10.2. The number of hydrogen-bond acceptors (Lipinski definition) is 3. The van der Waals surface area contributed by atoms with Gasteiger partial charge < -0.3 is 5.32 Å². The summed E-state index contributed by atoms with van der Waals surface area (Å²) in [5.74, 6) is -2.83. The average molecular weight is 313 g/mol.